The van der Waals surface area contributed by atoms with E-state index in [4.69, 9.17) is 19.4 Å². The van der Waals surface area contributed by atoms with Gasteiger partial charge in [0.1, 0.15) is 11.2 Å². The van der Waals surface area contributed by atoms with Crippen molar-refractivity contribution in [1.29, 1.82) is 0 Å². The molecule has 0 atom stereocenters. The summed E-state index contributed by atoms with van der Waals surface area (Å²) in [5, 5.41) is 2.02. The average Bonchev–Trinajstić information content (AvgIpc) is 3.98. The van der Waals surface area contributed by atoms with Gasteiger partial charge in [0.25, 0.3) is 0 Å². The van der Waals surface area contributed by atoms with E-state index in [9.17, 15) is 0 Å². The van der Waals surface area contributed by atoms with Gasteiger partial charge >= 0.3 is 0 Å². The van der Waals surface area contributed by atoms with Crippen LogP contribution in [0.25, 0.3) is 101 Å². The highest BCUT2D eigenvalue weighted by molar-refractivity contribution is 6.11. The van der Waals surface area contributed by atoms with Crippen LogP contribution >= 0.6 is 0 Å². The van der Waals surface area contributed by atoms with Gasteiger partial charge in [0.15, 0.2) is 17.5 Å². The third kappa shape index (κ3) is 4.98. The molecular weight excluding hydrogens is 755 g/mol. The zero-order chi connectivity index (χ0) is 40.8. The number of aromatic nitrogens is 3. The number of furan rings is 1. The molecule has 0 aliphatic heterocycles. The first kappa shape index (κ1) is 34.6. The molecule has 9 aromatic carbocycles. The minimum absolute atomic E-state index is 0.383. The van der Waals surface area contributed by atoms with Crippen molar-refractivity contribution < 1.29 is 4.42 Å². The molecule has 2 aliphatic rings. The molecule has 62 heavy (non-hydrogen) atoms. The lowest BCUT2D eigenvalue weighted by Gasteiger charge is -2.30. The summed E-state index contributed by atoms with van der Waals surface area (Å²) in [6.07, 6.45) is 0. The first-order chi connectivity index (χ1) is 30.7. The molecule has 13 rings (SSSR count). The predicted molar refractivity (Wildman–Crippen MR) is 251 cm³/mol. The monoisotopic (exact) mass is 789 g/mol. The molecule has 0 saturated heterocycles. The molecule has 0 saturated carbocycles. The number of fused-ring (bicyclic) bond motifs is 13. The van der Waals surface area contributed by atoms with E-state index in [0.29, 0.717) is 17.5 Å². The quantitative estimate of drug-likeness (QED) is 0.174. The molecule has 0 bridgehead atoms. The summed E-state index contributed by atoms with van der Waals surface area (Å²) in [4.78, 5) is 15.5. The number of para-hydroxylation sites is 1. The Morgan fingerprint density at radius 2 is 0.774 bits per heavy atom. The van der Waals surface area contributed by atoms with Crippen LogP contribution in [0.1, 0.15) is 22.3 Å². The van der Waals surface area contributed by atoms with Gasteiger partial charge < -0.3 is 4.42 Å². The van der Waals surface area contributed by atoms with Crippen molar-refractivity contribution in [3.63, 3.8) is 0 Å². The van der Waals surface area contributed by atoms with Crippen molar-refractivity contribution in [2.24, 2.45) is 0 Å². The van der Waals surface area contributed by atoms with E-state index in [1.807, 2.05) is 60.7 Å². The van der Waals surface area contributed by atoms with Crippen molar-refractivity contribution in [2.45, 2.75) is 5.41 Å². The van der Waals surface area contributed by atoms with Crippen LogP contribution in [0, 0.1) is 0 Å². The average molecular weight is 790 g/mol. The highest BCUT2D eigenvalue weighted by Gasteiger charge is 2.51. The van der Waals surface area contributed by atoms with Crippen LogP contribution in [0.15, 0.2) is 217 Å². The van der Waals surface area contributed by atoms with Gasteiger partial charge in [-0.2, -0.15) is 0 Å². The largest absolute Gasteiger partial charge is 0.456 e. The van der Waals surface area contributed by atoms with Crippen LogP contribution in [0.2, 0.25) is 0 Å². The third-order valence-electron chi connectivity index (χ3n) is 13.0. The van der Waals surface area contributed by atoms with Gasteiger partial charge in [-0.15, -0.1) is 0 Å². The Balaban J connectivity index is 0.933. The minimum Gasteiger partial charge on any atom is -0.456 e. The molecule has 288 valence electrons. The Bertz CT molecular complexity index is 3520. The van der Waals surface area contributed by atoms with Crippen LogP contribution in [0.3, 0.4) is 0 Å². The van der Waals surface area contributed by atoms with Crippen molar-refractivity contribution in [3.05, 3.63) is 235 Å². The number of nitrogens with zero attached hydrogens (tertiary/aromatic N) is 3. The highest BCUT2D eigenvalue weighted by atomic mass is 16.3. The molecule has 2 aromatic heterocycles. The topological polar surface area (TPSA) is 51.8 Å². The van der Waals surface area contributed by atoms with Crippen LogP contribution < -0.4 is 0 Å². The Morgan fingerprint density at radius 3 is 1.47 bits per heavy atom. The fourth-order valence-corrected chi connectivity index (χ4v) is 10.3. The molecule has 4 heteroatoms. The predicted octanol–water partition coefficient (Wildman–Crippen LogP) is 14.4. The highest BCUT2D eigenvalue weighted by Crippen LogP contribution is 2.63. The van der Waals surface area contributed by atoms with Crippen LogP contribution in [0.5, 0.6) is 0 Å². The molecule has 11 aromatic rings. The van der Waals surface area contributed by atoms with E-state index in [-0.39, 0.29) is 5.41 Å². The zero-order valence-corrected chi connectivity index (χ0v) is 33.5. The number of rotatable bonds is 5. The molecule has 2 heterocycles. The van der Waals surface area contributed by atoms with Gasteiger partial charge in [0.2, 0.25) is 0 Å². The summed E-state index contributed by atoms with van der Waals surface area (Å²) in [6, 6.07) is 75.7. The fourth-order valence-electron chi connectivity index (χ4n) is 10.3. The summed E-state index contributed by atoms with van der Waals surface area (Å²) in [7, 11) is 0. The van der Waals surface area contributed by atoms with Crippen molar-refractivity contribution in [3.8, 4) is 78.7 Å². The van der Waals surface area contributed by atoms with Gasteiger partial charge in [-0.1, -0.05) is 194 Å². The van der Waals surface area contributed by atoms with Crippen LogP contribution in [-0.4, -0.2) is 15.0 Å². The molecule has 2 aliphatic carbocycles. The summed E-state index contributed by atoms with van der Waals surface area (Å²) in [6.45, 7) is 0. The van der Waals surface area contributed by atoms with Crippen LogP contribution in [0.4, 0.5) is 0 Å². The number of benzene rings is 9. The lowest BCUT2D eigenvalue weighted by molar-refractivity contribution is 0.669. The summed E-state index contributed by atoms with van der Waals surface area (Å²) in [5.41, 5.74) is 19.1. The normalized spacial score (nSPS) is 13.0. The lowest BCUT2D eigenvalue weighted by Crippen LogP contribution is -2.25. The molecule has 1 spiro atoms. The SMILES string of the molecule is c1ccc(-c2nc(-c3ccccc3-c3ccc(-c4ccc5c(c4)C4(c6ccccc6-c6ccccc64)c4ccccc4-5)cc3)nc(-c3cccc4oc5ccccc5c34)n2)cc1. The number of hydrogen-bond acceptors (Lipinski definition) is 4. The minimum atomic E-state index is -0.383. The van der Waals surface area contributed by atoms with Crippen LogP contribution in [-0.2, 0) is 5.41 Å². The standard InChI is InChI=1S/C58H35N3O/c1-2-15-38(16-3-1)55-59-56(61-57(60-55)47-23-14-28-53-54(47)46-22-9-13-27-52(46)62-53)45-21-5-4-17-40(45)37-31-29-36(30-32-37)39-33-34-44-43-20-8-12-26-50(43)58(51(44)35-39)48-24-10-6-18-41(48)42-19-7-11-25-49(42)58/h1-35H. The van der Waals surface area contributed by atoms with E-state index < -0.39 is 0 Å². The van der Waals surface area contributed by atoms with E-state index in [1.165, 1.54) is 50.1 Å². The fraction of sp³-hybridized carbons (Fsp3) is 0.0172. The van der Waals surface area contributed by atoms with Gasteiger partial charge in [0, 0.05) is 27.5 Å². The Kier molecular flexibility index (Phi) is 7.49. The van der Waals surface area contributed by atoms with Gasteiger partial charge in [-0.25, -0.2) is 15.0 Å². The smallest absolute Gasteiger partial charge is 0.164 e. The zero-order valence-electron chi connectivity index (χ0n) is 33.5. The Labute approximate surface area is 358 Å². The van der Waals surface area contributed by atoms with E-state index in [2.05, 4.69) is 152 Å². The molecule has 0 unspecified atom stereocenters. The lowest BCUT2D eigenvalue weighted by atomic mass is 9.70. The summed E-state index contributed by atoms with van der Waals surface area (Å²) in [5.74, 6) is 1.82. The van der Waals surface area contributed by atoms with E-state index in [1.54, 1.807) is 0 Å². The van der Waals surface area contributed by atoms with E-state index in [0.717, 1.165) is 55.3 Å². The molecule has 0 fully saturated rings. The van der Waals surface area contributed by atoms with Crippen molar-refractivity contribution in [1.82, 2.24) is 15.0 Å². The molecule has 0 amide bonds. The second-order valence-corrected chi connectivity index (χ2v) is 16.2. The molecule has 4 nitrogen and oxygen atoms in total. The Hall–Kier alpha value is -8.21. The van der Waals surface area contributed by atoms with Gasteiger partial charge in [0.05, 0.1) is 5.41 Å². The maximum atomic E-state index is 6.28. The third-order valence-corrected chi connectivity index (χ3v) is 13.0. The van der Waals surface area contributed by atoms with Gasteiger partial charge in [-0.3, -0.25) is 0 Å². The molecular formula is C58H35N3O. The van der Waals surface area contributed by atoms with Crippen molar-refractivity contribution in [2.75, 3.05) is 0 Å². The molecule has 0 N–H and O–H groups in total. The van der Waals surface area contributed by atoms with E-state index >= 15 is 0 Å². The maximum Gasteiger partial charge on any atom is 0.164 e. The summed E-state index contributed by atoms with van der Waals surface area (Å²) < 4.78 is 6.28. The second kappa shape index (κ2) is 13.4. The molecule has 0 radical (unpaired) electrons. The Morgan fingerprint density at radius 1 is 0.290 bits per heavy atom. The first-order valence-corrected chi connectivity index (χ1v) is 21.1. The van der Waals surface area contributed by atoms with Crippen molar-refractivity contribution >= 4 is 21.9 Å². The summed E-state index contributed by atoms with van der Waals surface area (Å²) >= 11 is 0. The van der Waals surface area contributed by atoms with Gasteiger partial charge in [-0.05, 0) is 85.0 Å². The number of hydrogen-bond donors (Lipinski definition) is 0. The first-order valence-electron chi connectivity index (χ1n) is 21.1. The second-order valence-electron chi connectivity index (χ2n) is 16.2. The maximum absolute atomic E-state index is 6.28.